The second-order valence-electron chi connectivity index (χ2n) is 5.62. The summed E-state index contributed by atoms with van der Waals surface area (Å²) in [5.74, 6) is -0.440. The van der Waals surface area contributed by atoms with Crippen molar-refractivity contribution in [3.05, 3.63) is 32.1 Å². The molecule has 0 unspecified atom stereocenters. The molecule has 2 heterocycles. The molecule has 132 valence electrons. The summed E-state index contributed by atoms with van der Waals surface area (Å²) in [5.41, 5.74) is 1.07. The van der Waals surface area contributed by atoms with E-state index in [1.54, 1.807) is 18.9 Å². The van der Waals surface area contributed by atoms with Gasteiger partial charge in [0.25, 0.3) is 0 Å². The van der Waals surface area contributed by atoms with E-state index in [1.807, 2.05) is 26.0 Å². The van der Waals surface area contributed by atoms with Crippen LogP contribution in [0.3, 0.4) is 0 Å². The maximum absolute atomic E-state index is 12.6. The van der Waals surface area contributed by atoms with Crippen LogP contribution >= 0.6 is 27.3 Å². The second-order valence-corrected chi connectivity index (χ2v) is 8.11. The summed E-state index contributed by atoms with van der Waals surface area (Å²) in [4.78, 5) is 27.5. The van der Waals surface area contributed by atoms with E-state index >= 15 is 0 Å². The van der Waals surface area contributed by atoms with Crippen molar-refractivity contribution in [2.45, 2.75) is 32.9 Å². The van der Waals surface area contributed by atoms with Crippen molar-refractivity contribution < 1.29 is 19.1 Å². The number of urea groups is 1. The molecule has 0 aromatic carbocycles. The molecule has 0 radical (unpaired) electrons. The number of halogens is 1. The van der Waals surface area contributed by atoms with E-state index in [2.05, 4.69) is 21.2 Å². The molecule has 2 amide bonds. The SMILES string of the molecule is COCCOC(=O)C1=C(C)N(C(C)C)C(=O)N[C@@H]1c1ccc(Br)s1. The Kier molecular flexibility index (Phi) is 6.42. The first-order valence-corrected chi connectivity index (χ1v) is 9.19. The lowest BCUT2D eigenvalue weighted by atomic mass is 10.00. The molecule has 0 saturated carbocycles. The quantitative estimate of drug-likeness (QED) is 0.569. The lowest BCUT2D eigenvalue weighted by Crippen LogP contribution is -2.50. The Morgan fingerprint density at radius 3 is 2.67 bits per heavy atom. The van der Waals surface area contributed by atoms with Gasteiger partial charge in [0, 0.05) is 23.7 Å². The molecule has 0 spiro atoms. The number of carbonyl (C=O) groups is 2. The number of hydrogen-bond donors (Lipinski definition) is 1. The topological polar surface area (TPSA) is 67.9 Å². The highest BCUT2D eigenvalue weighted by Gasteiger charge is 2.38. The van der Waals surface area contributed by atoms with Crippen LogP contribution in [-0.2, 0) is 14.3 Å². The minimum atomic E-state index is -0.515. The summed E-state index contributed by atoms with van der Waals surface area (Å²) < 4.78 is 11.2. The van der Waals surface area contributed by atoms with Gasteiger partial charge in [0.2, 0.25) is 0 Å². The third-order valence-corrected chi connectivity index (χ3v) is 5.35. The van der Waals surface area contributed by atoms with E-state index in [0.717, 1.165) is 8.66 Å². The van der Waals surface area contributed by atoms with E-state index < -0.39 is 12.0 Å². The number of carbonyl (C=O) groups excluding carboxylic acids is 2. The summed E-state index contributed by atoms with van der Waals surface area (Å²) in [5, 5.41) is 2.92. The lowest BCUT2D eigenvalue weighted by Gasteiger charge is -2.37. The molecule has 24 heavy (non-hydrogen) atoms. The standard InChI is InChI=1S/C16H21BrN2O4S/c1-9(2)19-10(3)13(15(20)23-8-7-22-4)14(18-16(19)21)11-5-6-12(17)24-11/h5-6,9,14H,7-8H2,1-4H3,(H,18,21)/t14-/m1/s1. The fourth-order valence-corrected chi connectivity index (χ4v) is 4.12. The van der Waals surface area contributed by atoms with Crippen LogP contribution in [0.25, 0.3) is 0 Å². The van der Waals surface area contributed by atoms with Gasteiger partial charge in [-0.05, 0) is 48.8 Å². The Morgan fingerprint density at radius 1 is 1.42 bits per heavy atom. The van der Waals surface area contributed by atoms with Crippen LogP contribution < -0.4 is 5.32 Å². The smallest absolute Gasteiger partial charge is 0.338 e. The summed E-state index contributed by atoms with van der Waals surface area (Å²) in [6, 6.07) is 2.98. The van der Waals surface area contributed by atoms with Crippen LogP contribution in [0.2, 0.25) is 0 Å². The first-order valence-electron chi connectivity index (χ1n) is 7.58. The zero-order chi connectivity index (χ0) is 17.9. The average Bonchev–Trinajstić information content (AvgIpc) is 2.92. The molecule has 0 bridgehead atoms. The highest BCUT2D eigenvalue weighted by Crippen LogP contribution is 2.36. The van der Waals surface area contributed by atoms with Crippen LogP contribution in [0.4, 0.5) is 4.79 Å². The summed E-state index contributed by atoms with van der Waals surface area (Å²) in [7, 11) is 1.55. The normalized spacial score (nSPS) is 18.2. The molecule has 0 aliphatic carbocycles. The van der Waals surface area contributed by atoms with Crippen LogP contribution in [0.15, 0.2) is 27.2 Å². The molecule has 0 fully saturated rings. The Hall–Kier alpha value is -1.38. The third-order valence-electron chi connectivity index (χ3n) is 3.66. The van der Waals surface area contributed by atoms with E-state index in [9.17, 15) is 9.59 Å². The molecular weight excluding hydrogens is 396 g/mol. The van der Waals surface area contributed by atoms with Gasteiger partial charge in [-0.15, -0.1) is 11.3 Å². The summed E-state index contributed by atoms with van der Waals surface area (Å²) in [6.07, 6.45) is 0. The molecule has 1 aromatic heterocycles. The van der Waals surface area contributed by atoms with Crippen LogP contribution in [-0.4, -0.2) is 43.3 Å². The van der Waals surface area contributed by atoms with E-state index in [-0.39, 0.29) is 18.7 Å². The molecular formula is C16H21BrN2O4S. The van der Waals surface area contributed by atoms with Crippen LogP contribution in [0.1, 0.15) is 31.7 Å². The first kappa shape index (κ1) is 19.0. The van der Waals surface area contributed by atoms with Crippen molar-refractivity contribution in [1.82, 2.24) is 10.2 Å². The van der Waals surface area contributed by atoms with Crippen LogP contribution in [0, 0.1) is 0 Å². The minimum Gasteiger partial charge on any atom is -0.460 e. The Balaban J connectivity index is 2.41. The van der Waals surface area contributed by atoms with Crippen molar-refractivity contribution >= 4 is 39.3 Å². The van der Waals surface area contributed by atoms with Gasteiger partial charge in [-0.3, -0.25) is 4.90 Å². The summed E-state index contributed by atoms with van der Waals surface area (Å²) in [6.45, 7) is 6.08. The Labute approximate surface area is 153 Å². The van der Waals surface area contributed by atoms with Gasteiger partial charge >= 0.3 is 12.0 Å². The number of ether oxygens (including phenoxy) is 2. The number of nitrogens with zero attached hydrogens (tertiary/aromatic N) is 1. The Bertz CT molecular complexity index is 656. The van der Waals surface area contributed by atoms with Gasteiger partial charge in [0.05, 0.1) is 22.0 Å². The van der Waals surface area contributed by atoms with Crippen LogP contribution in [0.5, 0.6) is 0 Å². The highest BCUT2D eigenvalue weighted by molar-refractivity contribution is 9.11. The van der Waals surface area contributed by atoms with Gasteiger partial charge < -0.3 is 14.8 Å². The van der Waals surface area contributed by atoms with Gasteiger partial charge in [0.1, 0.15) is 6.61 Å². The Morgan fingerprint density at radius 2 is 2.12 bits per heavy atom. The zero-order valence-electron chi connectivity index (χ0n) is 14.1. The van der Waals surface area contributed by atoms with Crippen molar-refractivity contribution in [2.75, 3.05) is 20.3 Å². The van der Waals surface area contributed by atoms with Gasteiger partial charge in [0.15, 0.2) is 0 Å². The van der Waals surface area contributed by atoms with Crippen molar-refractivity contribution in [2.24, 2.45) is 0 Å². The van der Waals surface area contributed by atoms with E-state index in [1.165, 1.54) is 11.3 Å². The van der Waals surface area contributed by atoms with Gasteiger partial charge in [-0.2, -0.15) is 0 Å². The largest absolute Gasteiger partial charge is 0.460 e. The van der Waals surface area contributed by atoms with E-state index in [0.29, 0.717) is 17.9 Å². The first-order chi connectivity index (χ1) is 11.4. The molecule has 8 heteroatoms. The summed E-state index contributed by atoms with van der Waals surface area (Å²) >= 11 is 4.89. The molecule has 1 aliphatic rings. The van der Waals surface area contributed by atoms with Crippen molar-refractivity contribution in [3.8, 4) is 0 Å². The number of esters is 1. The zero-order valence-corrected chi connectivity index (χ0v) is 16.5. The molecule has 1 atom stereocenters. The molecule has 6 nitrogen and oxygen atoms in total. The predicted octanol–water partition coefficient (Wildman–Crippen LogP) is 3.45. The predicted molar refractivity (Wildman–Crippen MR) is 95.8 cm³/mol. The molecule has 1 N–H and O–H groups in total. The number of nitrogens with one attached hydrogen (secondary N) is 1. The lowest BCUT2D eigenvalue weighted by molar-refractivity contribution is -0.140. The number of hydrogen-bond acceptors (Lipinski definition) is 5. The fraction of sp³-hybridized carbons (Fsp3) is 0.500. The number of allylic oxidation sites excluding steroid dienone is 1. The van der Waals surface area contributed by atoms with Crippen molar-refractivity contribution in [3.63, 3.8) is 0 Å². The molecule has 1 aromatic rings. The average molecular weight is 417 g/mol. The van der Waals surface area contributed by atoms with Gasteiger partial charge in [-0.25, -0.2) is 9.59 Å². The maximum Gasteiger partial charge on any atom is 0.338 e. The number of thiophene rings is 1. The molecule has 2 rings (SSSR count). The number of methoxy groups -OCH3 is 1. The fourth-order valence-electron chi connectivity index (χ4n) is 2.64. The number of amides is 2. The second kappa shape index (κ2) is 8.13. The molecule has 0 saturated heterocycles. The van der Waals surface area contributed by atoms with E-state index in [4.69, 9.17) is 9.47 Å². The third kappa shape index (κ3) is 3.99. The van der Waals surface area contributed by atoms with Gasteiger partial charge in [-0.1, -0.05) is 0 Å². The number of rotatable bonds is 6. The molecule has 1 aliphatic heterocycles. The monoisotopic (exact) mass is 416 g/mol. The highest BCUT2D eigenvalue weighted by atomic mass is 79.9. The maximum atomic E-state index is 12.6. The minimum absolute atomic E-state index is 0.0669. The van der Waals surface area contributed by atoms with Crippen molar-refractivity contribution in [1.29, 1.82) is 0 Å².